The summed E-state index contributed by atoms with van der Waals surface area (Å²) in [5, 5.41) is 3.83. The van der Waals surface area contributed by atoms with Crippen molar-refractivity contribution in [3.05, 3.63) is 53.3 Å². The van der Waals surface area contributed by atoms with Crippen molar-refractivity contribution in [1.29, 1.82) is 0 Å². The first-order valence-electron chi connectivity index (χ1n) is 11.5. The van der Waals surface area contributed by atoms with Crippen molar-refractivity contribution in [3.8, 4) is 0 Å². The largest absolute Gasteiger partial charge is 0.337 e. The number of carbonyl (C=O) groups is 1. The molecule has 1 spiro atoms. The molecule has 1 N–H and O–H groups in total. The lowest BCUT2D eigenvalue weighted by molar-refractivity contribution is -0.0812. The van der Waals surface area contributed by atoms with Crippen LogP contribution in [0.1, 0.15) is 32.3 Å². The summed E-state index contributed by atoms with van der Waals surface area (Å²) < 4.78 is 0. The second kappa shape index (κ2) is 8.52. The topological polar surface area (TPSA) is 64.6 Å². The van der Waals surface area contributed by atoms with E-state index in [1.54, 1.807) is 12.4 Å². The molecule has 1 aromatic heterocycles. The molecule has 0 unspecified atom stereocenters. The number of likely N-dealkylation sites (tertiary alicyclic amines) is 1. The molecule has 3 aliphatic rings. The summed E-state index contributed by atoms with van der Waals surface area (Å²) in [6.07, 6.45) is 5.41. The Hall–Kier alpha value is -2.38. The fourth-order valence-electron chi connectivity index (χ4n) is 5.81. The lowest BCUT2D eigenvalue weighted by Gasteiger charge is -2.59. The van der Waals surface area contributed by atoms with Crippen LogP contribution < -0.4 is 10.2 Å². The quantitative estimate of drug-likeness (QED) is 0.767. The molecule has 2 amide bonds. The predicted octanol–water partition coefficient (Wildman–Crippen LogP) is 3.40. The maximum absolute atomic E-state index is 13.1. The SMILES string of the molecule is C[C@@H]1CN(c2ncc(Cl)cn2)C[C@H](C)N1C(=O)NC1CC2(C1)CN(Cc1ccccc1)C2. The highest BCUT2D eigenvalue weighted by Crippen LogP contribution is 2.48. The van der Waals surface area contributed by atoms with Gasteiger partial charge in [-0.1, -0.05) is 41.9 Å². The number of nitrogens with one attached hydrogen (secondary N) is 1. The summed E-state index contributed by atoms with van der Waals surface area (Å²) in [5.41, 5.74) is 1.78. The molecule has 32 heavy (non-hydrogen) atoms. The van der Waals surface area contributed by atoms with Gasteiger partial charge in [0, 0.05) is 50.8 Å². The molecule has 1 saturated carbocycles. The summed E-state index contributed by atoms with van der Waals surface area (Å²) in [5.74, 6) is 0.666. The number of anilines is 1. The third-order valence-electron chi connectivity index (χ3n) is 7.10. The first-order valence-corrected chi connectivity index (χ1v) is 11.9. The Bertz CT molecular complexity index is 929. The van der Waals surface area contributed by atoms with Crippen molar-refractivity contribution in [2.75, 3.05) is 31.1 Å². The third-order valence-corrected chi connectivity index (χ3v) is 7.29. The number of hydrogen-bond acceptors (Lipinski definition) is 5. The number of piperazine rings is 1. The Kier molecular flexibility index (Phi) is 5.72. The van der Waals surface area contributed by atoms with Gasteiger partial charge in [-0.15, -0.1) is 0 Å². The van der Waals surface area contributed by atoms with Crippen LogP contribution in [-0.4, -0.2) is 70.1 Å². The van der Waals surface area contributed by atoms with Gasteiger partial charge in [0.2, 0.25) is 5.95 Å². The molecule has 3 fully saturated rings. The molecule has 1 aromatic carbocycles. The number of aromatic nitrogens is 2. The van der Waals surface area contributed by atoms with Gasteiger partial charge < -0.3 is 15.1 Å². The van der Waals surface area contributed by atoms with Gasteiger partial charge in [0.05, 0.1) is 17.4 Å². The molecule has 7 nitrogen and oxygen atoms in total. The van der Waals surface area contributed by atoms with Crippen LogP contribution in [0.15, 0.2) is 42.7 Å². The van der Waals surface area contributed by atoms with Gasteiger partial charge in [-0.05, 0) is 37.7 Å². The second-order valence-corrected chi connectivity index (χ2v) is 10.3. The monoisotopic (exact) mass is 454 g/mol. The van der Waals surface area contributed by atoms with Crippen LogP contribution in [0.4, 0.5) is 10.7 Å². The number of urea groups is 1. The van der Waals surface area contributed by atoms with Crippen LogP contribution in [0.2, 0.25) is 5.02 Å². The van der Waals surface area contributed by atoms with E-state index in [0.717, 1.165) is 32.5 Å². The fraction of sp³-hybridized carbons (Fsp3) is 0.542. The molecular formula is C24H31ClN6O. The number of amides is 2. The van der Waals surface area contributed by atoms with Crippen molar-refractivity contribution in [1.82, 2.24) is 25.1 Å². The summed E-state index contributed by atoms with van der Waals surface area (Å²) in [7, 11) is 0. The van der Waals surface area contributed by atoms with Crippen LogP contribution >= 0.6 is 11.6 Å². The van der Waals surface area contributed by atoms with E-state index in [1.807, 2.05) is 4.90 Å². The fourth-order valence-corrected chi connectivity index (χ4v) is 5.90. The van der Waals surface area contributed by atoms with Crippen molar-refractivity contribution >= 4 is 23.6 Å². The van der Waals surface area contributed by atoms with Gasteiger partial charge in [0.1, 0.15) is 0 Å². The lowest BCUT2D eigenvalue weighted by Crippen LogP contribution is -2.68. The van der Waals surface area contributed by atoms with E-state index in [-0.39, 0.29) is 18.1 Å². The van der Waals surface area contributed by atoms with Gasteiger partial charge in [-0.2, -0.15) is 0 Å². The van der Waals surface area contributed by atoms with Crippen LogP contribution in [0, 0.1) is 5.41 Å². The molecule has 0 bridgehead atoms. The number of rotatable bonds is 4. The van der Waals surface area contributed by atoms with Gasteiger partial charge in [-0.3, -0.25) is 4.90 Å². The van der Waals surface area contributed by atoms with E-state index in [9.17, 15) is 4.79 Å². The third kappa shape index (κ3) is 4.28. The molecule has 170 valence electrons. The number of hydrogen-bond donors (Lipinski definition) is 1. The summed E-state index contributed by atoms with van der Waals surface area (Å²) in [4.78, 5) is 28.4. The average molecular weight is 455 g/mol. The molecule has 8 heteroatoms. The van der Waals surface area contributed by atoms with Gasteiger partial charge in [-0.25, -0.2) is 14.8 Å². The molecule has 2 saturated heterocycles. The number of halogens is 1. The Morgan fingerprint density at radius 2 is 1.72 bits per heavy atom. The Morgan fingerprint density at radius 3 is 2.34 bits per heavy atom. The molecule has 0 radical (unpaired) electrons. The highest BCUT2D eigenvalue weighted by atomic mass is 35.5. The van der Waals surface area contributed by atoms with Crippen LogP contribution in [0.5, 0.6) is 0 Å². The molecule has 3 heterocycles. The van der Waals surface area contributed by atoms with Crippen molar-refractivity contribution in [3.63, 3.8) is 0 Å². The normalized spacial score (nSPS) is 25.3. The smallest absolute Gasteiger partial charge is 0.318 e. The van der Waals surface area contributed by atoms with Gasteiger partial charge >= 0.3 is 6.03 Å². The van der Waals surface area contributed by atoms with E-state index in [4.69, 9.17) is 11.6 Å². The second-order valence-electron chi connectivity index (χ2n) is 9.90. The maximum atomic E-state index is 13.1. The maximum Gasteiger partial charge on any atom is 0.318 e. The number of nitrogens with zero attached hydrogens (tertiary/aromatic N) is 5. The minimum Gasteiger partial charge on any atom is -0.337 e. The Labute approximate surface area is 194 Å². The summed E-state index contributed by atoms with van der Waals surface area (Å²) in [6.45, 7) is 8.91. The van der Waals surface area contributed by atoms with Crippen LogP contribution in [0.25, 0.3) is 0 Å². The minimum atomic E-state index is 0.0574. The zero-order valence-electron chi connectivity index (χ0n) is 18.7. The summed E-state index contributed by atoms with van der Waals surface area (Å²) >= 11 is 5.91. The van der Waals surface area contributed by atoms with E-state index in [1.165, 1.54) is 5.56 Å². The zero-order valence-corrected chi connectivity index (χ0v) is 19.5. The molecule has 1 aliphatic carbocycles. The minimum absolute atomic E-state index is 0.0574. The van der Waals surface area contributed by atoms with Crippen molar-refractivity contribution in [2.24, 2.45) is 5.41 Å². The molecule has 2 atom stereocenters. The van der Waals surface area contributed by atoms with Gasteiger partial charge in [0.25, 0.3) is 0 Å². The van der Waals surface area contributed by atoms with Crippen molar-refractivity contribution in [2.45, 2.75) is 51.4 Å². The molecule has 2 aliphatic heterocycles. The van der Waals surface area contributed by atoms with E-state index >= 15 is 0 Å². The molecule has 5 rings (SSSR count). The van der Waals surface area contributed by atoms with Crippen molar-refractivity contribution < 1.29 is 4.79 Å². The van der Waals surface area contributed by atoms with Gasteiger partial charge in [0.15, 0.2) is 0 Å². The number of benzene rings is 1. The van der Waals surface area contributed by atoms with E-state index in [0.29, 0.717) is 35.5 Å². The van der Waals surface area contributed by atoms with Crippen LogP contribution in [-0.2, 0) is 6.54 Å². The summed E-state index contributed by atoms with van der Waals surface area (Å²) in [6, 6.07) is 11.2. The number of carbonyl (C=O) groups excluding carboxylic acids is 1. The van der Waals surface area contributed by atoms with E-state index in [2.05, 4.69) is 69.3 Å². The standard InChI is InChI=1S/C24H31ClN6O/c1-17-12-30(22-26-10-20(25)11-27-22)13-18(2)31(17)23(32)28-21-8-24(9-21)15-29(16-24)14-19-6-4-3-5-7-19/h3-7,10-11,17-18,21H,8-9,12-16H2,1-2H3,(H,28,32)/t17-,18+. The highest BCUT2D eigenvalue weighted by Gasteiger charge is 2.52. The van der Waals surface area contributed by atoms with Crippen LogP contribution in [0.3, 0.4) is 0 Å². The van der Waals surface area contributed by atoms with E-state index < -0.39 is 0 Å². The first-order chi connectivity index (χ1) is 15.4. The highest BCUT2D eigenvalue weighted by molar-refractivity contribution is 6.30. The molecule has 2 aromatic rings. The zero-order chi connectivity index (χ0) is 22.3. The molecular weight excluding hydrogens is 424 g/mol. The Morgan fingerprint density at radius 1 is 1.09 bits per heavy atom. The predicted molar refractivity (Wildman–Crippen MR) is 126 cm³/mol. The lowest BCUT2D eigenvalue weighted by atomic mass is 9.60. The first kappa shape index (κ1) is 21.5. The Balaban J connectivity index is 1.09. The average Bonchev–Trinajstić information content (AvgIpc) is 2.71.